The lowest BCUT2D eigenvalue weighted by atomic mass is 10.0. The molecule has 15 heavy (non-hydrogen) atoms. The first-order valence-electron chi connectivity index (χ1n) is 5.27. The third kappa shape index (κ3) is 4.31. The van der Waals surface area contributed by atoms with E-state index in [9.17, 15) is 0 Å². The summed E-state index contributed by atoms with van der Waals surface area (Å²) in [7, 11) is 0. The lowest BCUT2D eigenvalue weighted by Gasteiger charge is -2.25. The van der Waals surface area contributed by atoms with Gasteiger partial charge in [-0.25, -0.2) is 0 Å². The largest absolute Gasteiger partial charge is 0.306 e. The van der Waals surface area contributed by atoms with E-state index in [4.69, 9.17) is 0 Å². The zero-order valence-electron chi connectivity index (χ0n) is 9.68. The summed E-state index contributed by atoms with van der Waals surface area (Å²) in [6.07, 6.45) is 2.96. The first-order chi connectivity index (χ1) is 7.05. The quantitative estimate of drug-likeness (QED) is 0.833. The molecule has 1 rings (SSSR count). The molecule has 0 bridgehead atoms. The van der Waals surface area contributed by atoms with Crippen molar-refractivity contribution in [3.05, 3.63) is 29.6 Å². The van der Waals surface area contributed by atoms with Crippen molar-refractivity contribution < 1.29 is 0 Å². The molecule has 2 nitrogen and oxygen atoms in total. The molecule has 0 fully saturated rings. The minimum absolute atomic E-state index is 0.160. The van der Waals surface area contributed by atoms with Gasteiger partial charge in [-0.3, -0.25) is 4.98 Å². The van der Waals surface area contributed by atoms with E-state index in [-0.39, 0.29) is 5.54 Å². The van der Waals surface area contributed by atoms with Crippen LogP contribution < -0.4 is 5.32 Å². The van der Waals surface area contributed by atoms with Gasteiger partial charge in [-0.2, -0.15) is 0 Å². The molecule has 0 saturated carbocycles. The summed E-state index contributed by atoms with van der Waals surface area (Å²) in [5.41, 5.74) is 2.55. The number of nitrogens with one attached hydrogen (secondary N) is 1. The van der Waals surface area contributed by atoms with Crippen LogP contribution in [0.4, 0.5) is 0 Å². The van der Waals surface area contributed by atoms with E-state index in [1.165, 1.54) is 5.56 Å². The van der Waals surface area contributed by atoms with Gasteiger partial charge in [0.15, 0.2) is 0 Å². The smallest absolute Gasteiger partial charge is 0.0570 e. The van der Waals surface area contributed by atoms with E-state index < -0.39 is 0 Å². The Kier molecular flexibility index (Phi) is 4.74. The van der Waals surface area contributed by atoms with Gasteiger partial charge < -0.3 is 5.32 Å². The van der Waals surface area contributed by atoms with Crippen LogP contribution in [-0.2, 0) is 6.54 Å². The van der Waals surface area contributed by atoms with E-state index in [0.717, 1.165) is 24.0 Å². The van der Waals surface area contributed by atoms with E-state index in [1.807, 2.05) is 12.3 Å². The summed E-state index contributed by atoms with van der Waals surface area (Å²) in [6.45, 7) is 7.37. The molecule has 0 aliphatic carbocycles. The molecule has 0 saturated heterocycles. The first-order valence-corrected chi connectivity index (χ1v) is 6.39. The Bertz CT molecular complexity index is 310. The van der Waals surface area contributed by atoms with Crippen LogP contribution in [0, 0.1) is 6.92 Å². The number of rotatable bonds is 5. The molecule has 0 spiro atoms. The maximum Gasteiger partial charge on any atom is 0.0570 e. The van der Waals surface area contributed by atoms with Crippen LogP contribution in [-0.4, -0.2) is 15.9 Å². The Hall–Kier alpha value is -0.410. The summed E-state index contributed by atoms with van der Waals surface area (Å²) in [5, 5.41) is 4.55. The van der Waals surface area contributed by atoms with E-state index in [0.29, 0.717) is 0 Å². The predicted molar refractivity (Wildman–Crippen MR) is 68.3 cm³/mol. The zero-order valence-corrected chi connectivity index (χ0v) is 11.3. The highest BCUT2D eigenvalue weighted by Gasteiger charge is 2.16. The van der Waals surface area contributed by atoms with Crippen molar-refractivity contribution in [2.75, 3.05) is 5.33 Å². The Labute approximate surface area is 101 Å². The fourth-order valence-corrected chi connectivity index (χ4v) is 2.34. The fourth-order valence-electron chi connectivity index (χ4n) is 1.35. The number of halogens is 1. The highest BCUT2D eigenvalue weighted by molar-refractivity contribution is 9.09. The van der Waals surface area contributed by atoms with Crippen molar-refractivity contribution in [2.24, 2.45) is 0 Å². The van der Waals surface area contributed by atoms with E-state index >= 15 is 0 Å². The van der Waals surface area contributed by atoms with Crippen molar-refractivity contribution >= 4 is 15.9 Å². The standard InChI is InChI=1S/C12H19BrN2/c1-10-5-4-8-14-11(10)9-15-12(2,3)6-7-13/h4-5,8,15H,6-7,9H2,1-3H3. The predicted octanol–water partition coefficient (Wildman–Crippen LogP) is 3.04. The van der Waals surface area contributed by atoms with Crippen molar-refractivity contribution in [1.29, 1.82) is 0 Å². The van der Waals surface area contributed by atoms with Crippen LogP contribution >= 0.6 is 15.9 Å². The fraction of sp³-hybridized carbons (Fsp3) is 0.583. The maximum absolute atomic E-state index is 4.37. The number of hydrogen-bond donors (Lipinski definition) is 1. The molecule has 0 amide bonds. The normalized spacial score (nSPS) is 11.7. The van der Waals surface area contributed by atoms with Crippen molar-refractivity contribution in [3.8, 4) is 0 Å². The molecule has 1 N–H and O–H groups in total. The van der Waals surface area contributed by atoms with Gasteiger partial charge in [0, 0.05) is 23.6 Å². The van der Waals surface area contributed by atoms with Crippen molar-refractivity contribution in [3.63, 3.8) is 0 Å². The molecule has 84 valence electrons. The van der Waals surface area contributed by atoms with Gasteiger partial charge in [0.05, 0.1) is 5.69 Å². The van der Waals surface area contributed by atoms with E-state index in [2.05, 4.69) is 53.1 Å². The Morgan fingerprint density at radius 1 is 1.47 bits per heavy atom. The molecule has 0 aromatic carbocycles. The van der Waals surface area contributed by atoms with Gasteiger partial charge in [-0.05, 0) is 38.8 Å². The maximum atomic E-state index is 4.37. The van der Waals surface area contributed by atoms with Crippen molar-refractivity contribution in [2.45, 2.75) is 39.3 Å². The van der Waals surface area contributed by atoms with Crippen LogP contribution in [0.2, 0.25) is 0 Å². The van der Waals surface area contributed by atoms with Crippen LogP contribution in [0.15, 0.2) is 18.3 Å². The Morgan fingerprint density at radius 3 is 2.80 bits per heavy atom. The Morgan fingerprint density at radius 2 is 2.20 bits per heavy atom. The minimum atomic E-state index is 0.160. The number of aromatic nitrogens is 1. The summed E-state index contributed by atoms with van der Waals surface area (Å²) >= 11 is 3.47. The monoisotopic (exact) mass is 270 g/mol. The second-order valence-corrected chi connectivity index (χ2v) is 5.24. The summed E-state index contributed by atoms with van der Waals surface area (Å²) in [4.78, 5) is 4.37. The number of aryl methyl sites for hydroxylation is 1. The second kappa shape index (κ2) is 5.61. The Balaban J connectivity index is 2.53. The van der Waals surface area contributed by atoms with Gasteiger partial charge >= 0.3 is 0 Å². The van der Waals surface area contributed by atoms with Gasteiger partial charge in [-0.15, -0.1) is 0 Å². The highest BCUT2D eigenvalue weighted by atomic mass is 79.9. The second-order valence-electron chi connectivity index (χ2n) is 4.44. The molecule has 0 unspecified atom stereocenters. The molecule has 0 aliphatic rings. The van der Waals surface area contributed by atoms with Gasteiger partial charge in [0.25, 0.3) is 0 Å². The summed E-state index contributed by atoms with van der Waals surface area (Å²) < 4.78 is 0. The van der Waals surface area contributed by atoms with Crippen LogP contribution in [0.5, 0.6) is 0 Å². The molecule has 1 aromatic heterocycles. The van der Waals surface area contributed by atoms with Crippen LogP contribution in [0.1, 0.15) is 31.5 Å². The zero-order chi connectivity index (χ0) is 11.3. The molecule has 0 atom stereocenters. The number of pyridine rings is 1. The van der Waals surface area contributed by atoms with Gasteiger partial charge in [0.1, 0.15) is 0 Å². The average Bonchev–Trinajstić information content (AvgIpc) is 2.16. The number of nitrogens with zero attached hydrogens (tertiary/aromatic N) is 1. The lowest BCUT2D eigenvalue weighted by Crippen LogP contribution is -2.39. The minimum Gasteiger partial charge on any atom is -0.306 e. The molecule has 3 heteroatoms. The molecule has 0 radical (unpaired) electrons. The molecule has 1 heterocycles. The van der Waals surface area contributed by atoms with Crippen LogP contribution in [0.25, 0.3) is 0 Å². The van der Waals surface area contributed by atoms with Gasteiger partial charge in [0.2, 0.25) is 0 Å². The number of hydrogen-bond acceptors (Lipinski definition) is 2. The average molecular weight is 271 g/mol. The lowest BCUT2D eigenvalue weighted by molar-refractivity contribution is 0.375. The summed E-state index contributed by atoms with van der Waals surface area (Å²) in [6, 6.07) is 4.07. The van der Waals surface area contributed by atoms with E-state index in [1.54, 1.807) is 0 Å². The molecule has 0 aliphatic heterocycles. The highest BCUT2D eigenvalue weighted by Crippen LogP contribution is 2.12. The molecule has 1 aromatic rings. The SMILES string of the molecule is Cc1cccnc1CNC(C)(C)CCBr. The van der Waals surface area contributed by atoms with Gasteiger partial charge in [-0.1, -0.05) is 22.0 Å². The van der Waals surface area contributed by atoms with Crippen molar-refractivity contribution in [1.82, 2.24) is 10.3 Å². The molecular weight excluding hydrogens is 252 g/mol. The topological polar surface area (TPSA) is 24.9 Å². The third-order valence-electron chi connectivity index (χ3n) is 2.57. The van der Waals surface area contributed by atoms with Crippen LogP contribution in [0.3, 0.4) is 0 Å². The third-order valence-corrected chi connectivity index (χ3v) is 2.97. The molecular formula is C12H19BrN2. The first kappa shape index (κ1) is 12.7. The number of alkyl halides is 1. The summed E-state index contributed by atoms with van der Waals surface area (Å²) in [5.74, 6) is 0.